The van der Waals surface area contributed by atoms with Gasteiger partial charge in [0.25, 0.3) is 0 Å². The lowest BCUT2D eigenvalue weighted by molar-refractivity contribution is -0.149. The number of fused-ring (bicyclic) bond motifs is 4. The first-order valence-electron chi connectivity index (χ1n) is 9.56. The SMILES string of the molecule is CCN1CCC2(CC1)Oc1ccccc1[C@@H]1CC(c3ccncc3)=NN12. The maximum atomic E-state index is 6.63. The molecule has 0 N–H and O–H groups in total. The van der Waals surface area contributed by atoms with E-state index in [-0.39, 0.29) is 11.8 Å². The Bertz CT molecular complexity index is 827. The first-order chi connectivity index (χ1) is 12.8. The molecule has 26 heavy (non-hydrogen) atoms. The molecule has 3 aliphatic heterocycles. The van der Waals surface area contributed by atoms with E-state index in [1.54, 1.807) is 0 Å². The third-order valence-electron chi connectivity index (χ3n) is 6.00. The van der Waals surface area contributed by atoms with Crippen molar-refractivity contribution in [1.82, 2.24) is 14.9 Å². The van der Waals surface area contributed by atoms with E-state index in [2.05, 4.69) is 58.2 Å². The molecule has 134 valence electrons. The topological polar surface area (TPSA) is 41.0 Å². The van der Waals surface area contributed by atoms with Crippen LogP contribution in [0, 0.1) is 0 Å². The third kappa shape index (κ3) is 2.42. The van der Waals surface area contributed by atoms with Crippen LogP contribution in [0.5, 0.6) is 5.75 Å². The molecule has 0 bridgehead atoms. The van der Waals surface area contributed by atoms with Gasteiger partial charge in [-0.15, -0.1) is 0 Å². The minimum absolute atomic E-state index is 0.260. The number of hydrogen-bond acceptors (Lipinski definition) is 5. The van der Waals surface area contributed by atoms with Crippen LogP contribution in [0.3, 0.4) is 0 Å². The van der Waals surface area contributed by atoms with Gasteiger partial charge in [0.2, 0.25) is 5.72 Å². The van der Waals surface area contributed by atoms with Gasteiger partial charge in [0, 0.05) is 55.9 Å². The largest absolute Gasteiger partial charge is 0.466 e. The van der Waals surface area contributed by atoms with E-state index in [0.717, 1.165) is 55.9 Å². The van der Waals surface area contributed by atoms with Crippen LogP contribution in [0.4, 0.5) is 0 Å². The number of para-hydroxylation sites is 1. The van der Waals surface area contributed by atoms with Crippen molar-refractivity contribution in [3.8, 4) is 5.75 Å². The van der Waals surface area contributed by atoms with Crippen LogP contribution in [0.2, 0.25) is 0 Å². The number of nitrogens with zero attached hydrogens (tertiary/aromatic N) is 4. The number of benzene rings is 1. The lowest BCUT2D eigenvalue weighted by Gasteiger charge is -2.51. The molecule has 0 unspecified atom stereocenters. The average molecular weight is 348 g/mol. The molecule has 1 aromatic carbocycles. The highest BCUT2D eigenvalue weighted by molar-refractivity contribution is 6.01. The van der Waals surface area contributed by atoms with Crippen molar-refractivity contribution in [2.75, 3.05) is 19.6 Å². The number of ether oxygens (including phenoxy) is 1. The van der Waals surface area contributed by atoms with Crippen LogP contribution in [0.15, 0.2) is 53.9 Å². The molecule has 1 atom stereocenters. The number of hydrogen-bond donors (Lipinski definition) is 0. The highest BCUT2D eigenvalue weighted by Crippen LogP contribution is 2.49. The summed E-state index contributed by atoms with van der Waals surface area (Å²) in [6.07, 6.45) is 6.57. The Morgan fingerprint density at radius 3 is 2.65 bits per heavy atom. The smallest absolute Gasteiger partial charge is 0.200 e. The predicted molar refractivity (Wildman–Crippen MR) is 101 cm³/mol. The van der Waals surface area contributed by atoms with Gasteiger partial charge >= 0.3 is 0 Å². The minimum atomic E-state index is -0.320. The summed E-state index contributed by atoms with van der Waals surface area (Å²) in [6.45, 7) is 5.44. The minimum Gasteiger partial charge on any atom is -0.466 e. The van der Waals surface area contributed by atoms with Gasteiger partial charge in [-0.1, -0.05) is 25.1 Å². The fraction of sp³-hybridized carbons (Fsp3) is 0.429. The molecule has 5 nitrogen and oxygen atoms in total. The van der Waals surface area contributed by atoms with E-state index in [1.807, 2.05) is 12.4 Å². The van der Waals surface area contributed by atoms with Crippen LogP contribution in [-0.2, 0) is 0 Å². The Labute approximate surface area is 154 Å². The molecule has 0 amide bonds. The van der Waals surface area contributed by atoms with E-state index in [4.69, 9.17) is 9.84 Å². The molecule has 2 aromatic rings. The zero-order valence-electron chi connectivity index (χ0n) is 15.1. The Morgan fingerprint density at radius 1 is 1.12 bits per heavy atom. The molecule has 0 aliphatic carbocycles. The maximum Gasteiger partial charge on any atom is 0.200 e. The van der Waals surface area contributed by atoms with Crippen molar-refractivity contribution < 1.29 is 4.74 Å². The van der Waals surface area contributed by atoms with E-state index in [9.17, 15) is 0 Å². The van der Waals surface area contributed by atoms with Gasteiger partial charge < -0.3 is 9.64 Å². The first-order valence-corrected chi connectivity index (χ1v) is 9.56. The van der Waals surface area contributed by atoms with Crippen LogP contribution in [0.1, 0.15) is 43.4 Å². The molecule has 3 aliphatic rings. The molecule has 1 aromatic heterocycles. The Hall–Kier alpha value is -2.40. The van der Waals surface area contributed by atoms with E-state index < -0.39 is 0 Å². The molecule has 4 heterocycles. The summed E-state index contributed by atoms with van der Waals surface area (Å²) in [4.78, 5) is 6.64. The monoisotopic (exact) mass is 348 g/mol. The molecule has 1 spiro atoms. The molecule has 1 fully saturated rings. The van der Waals surface area contributed by atoms with E-state index >= 15 is 0 Å². The summed E-state index contributed by atoms with van der Waals surface area (Å²) in [7, 11) is 0. The normalized spacial score (nSPS) is 24.0. The van der Waals surface area contributed by atoms with Crippen molar-refractivity contribution in [2.45, 2.75) is 38.0 Å². The van der Waals surface area contributed by atoms with E-state index in [0.29, 0.717) is 0 Å². The van der Waals surface area contributed by atoms with Crippen molar-refractivity contribution in [1.29, 1.82) is 0 Å². The van der Waals surface area contributed by atoms with Crippen molar-refractivity contribution in [2.24, 2.45) is 5.10 Å². The van der Waals surface area contributed by atoms with Gasteiger partial charge in [-0.2, -0.15) is 5.10 Å². The van der Waals surface area contributed by atoms with Crippen LogP contribution in [0.25, 0.3) is 0 Å². The summed E-state index contributed by atoms with van der Waals surface area (Å²) >= 11 is 0. The second-order valence-corrected chi connectivity index (χ2v) is 7.37. The molecule has 1 saturated heterocycles. The summed E-state index contributed by atoms with van der Waals surface area (Å²) in [5.74, 6) is 1.03. The zero-order valence-corrected chi connectivity index (χ0v) is 15.1. The van der Waals surface area contributed by atoms with Crippen molar-refractivity contribution in [3.63, 3.8) is 0 Å². The predicted octanol–water partition coefficient (Wildman–Crippen LogP) is 3.44. The lowest BCUT2D eigenvalue weighted by atomic mass is 9.91. The standard InChI is InChI=1S/C21H24N4O/c1-2-24-13-9-21(10-14-24)25-19(17-5-3-4-6-20(17)26-21)15-18(23-25)16-7-11-22-12-8-16/h3-8,11-12,19H,2,9-10,13-15H2,1H3/t19-/m0/s1. The first kappa shape index (κ1) is 15.8. The van der Waals surface area contributed by atoms with Crippen LogP contribution in [-0.4, -0.2) is 46.0 Å². The summed E-state index contributed by atoms with van der Waals surface area (Å²) in [6, 6.07) is 12.8. The van der Waals surface area contributed by atoms with Gasteiger partial charge in [-0.3, -0.25) is 4.98 Å². The maximum absolute atomic E-state index is 6.63. The molecule has 0 radical (unpaired) electrons. The fourth-order valence-electron chi connectivity index (χ4n) is 4.50. The Kier molecular flexibility index (Phi) is 3.71. The summed E-state index contributed by atoms with van der Waals surface area (Å²) in [5.41, 5.74) is 3.23. The summed E-state index contributed by atoms with van der Waals surface area (Å²) in [5, 5.41) is 7.36. The van der Waals surface area contributed by atoms with Gasteiger partial charge in [0.15, 0.2) is 0 Å². The number of piperidine rings is 1. The molecular formula is C21H24N4O. The Balaban J connectivity index is 1.55. The van der Waals surface area contributed by atoms with Gasteiger partial charge in [0.1, 0.15) is 5.75 Å². The highest BCUT2D eigenvalue weighted by Gasteiger charge is 2.51. The average Bonchev–Trinajstić information content (AvgIpc) is 3.16. The number of aromatic nitrogens is 1. The Morgan fingerprint density at radius 2 is 1.88 bits per heavy atom. The molecular weight excluding hydrogens is 324 g/mol. The molecule has 5 rings (SSSR count). The number of likely N-dealkylation sites (tertiary alicyclic amines) is 1. The van der Waals surface area contributed by atoms with Gasteiger partial charge in [-0.25, -0.2) is 5.01 Å². The van der Waals surface area contributed by atoms with Crippen molar-refractivity contribution >= 4 is 5.71 Å². The van der Waals surface area contributed by atoms with Crippen molar-refractivity contribution in [3.05, 3.63) is 59.9 Å². The van der Waals surface area contributed by atoms with E-state index in [1.165, 1.54) is 5.56 Å². The lowest BCUT2D eigenvalue weighted by Crippen LogP contribution is -2.59. The number of hydrazone groups is 1. The highest BCUT2D eigenvalue weighted by atomic mass is 16.5. The number of pyridine rings is 1. The second kappa shape index (κ2) is 6.09. The van der Waals surface area contributed by atoms with Gasteiger partial charge in [0.05, 0.1) is 11.8 Å². The zero-order chi connectivity index (χ0) is 17.6. The molecule has 5 heteroatoms. The molecule has 0 saturated carbocycles. The summed E-state index contributed by atoms with van der Waals surface area (Å²) < 4.78 is 6.63. The van der Waals surface area contributed by atoms with Crippen LogP contribution < -0.4 is 4.74 Å². The quantitative estimate of drug-likeness (QED) is 0.834. The third-order valence-corrected chi connectivity index (χ3v) is 6.00. The van der Waals surface area contributed by atoms with Crippen LogP contribution >= 0.6 is 0 Å². The second-order valence-electron chi connectivity index (χ2n) is 7.37. The number of rotatable bonds is 2. The fourth-order valence-corrected chi connectivity index (χ4v) is 4.50. The van der Waals surface area contributed by atoms with Gasteiger partial charge in [-0.05, 0) is 24.7 Å².